The molecule has 1 heterocycles. The summed E-state index contributed by atoms with van der Waals surface area (Å²) in [4.78, 5) is 2.36. The molecule has 4 unspecified atom stereocenters. The third kappa shape index (κ3) is 2.98. The number of aliphatic hydroxyl groups excluding tert-OH is 1. The third-order valence-electron chi connectivity index (χ3n) is 4.09. The molecule has 1 saturated heterocycles. The summed E-state index contributed by atoms with van der Waals surface area (Å²) >= 11 is 0. The fourth-order valence-electron chi connectivity index (χ4n) is 3.06. The number of nitrogens with zero attached hydrogens (tertiary/aromatic N) is 2. The SMILES string of the molecule is CC1CCC(C#N)C(N2CCOC(CO)C2)C1. The van der Waals surface area contributed by atoms with Gasteiger partial charge in [-0.05, 0) is 25.2 Å². The molecular formula is C13H22N2O2. The van der Waals surface area contributed by atoms with E-state index in [0.29, 0.717) is 18.6 Å². The Bertz CT molecular complexity index is 290. The zero-order valence-electron chi connectivity index (χ0n) is 10.5. The Kier molecular flexibility index (Phi) is 4.38. The van der Waals surface area contributed by atoms with Gasteiger partial charge in [0.2, 0.25) is 0 Å². The number of hydrogen-bond acceptors (Lipinski definition) is 4. The molecule has 0 aromatic rings. The molecule has 2 rings (SSSR count). The topological polar surface area (TPSA) is 56.5 Å². The van der Waals surface area contributed by atoms with E-state index >= 15 is 0 Å². The minimum atomic E-state index is -0.0691. The van der Waals surface area contributed by atoms with E-state index in [9.17, 15) is 5.26 Å². The van der Waals surface area contributed by atoms with Crippen molar-refractivity contribution in [1.82, 2.24) is 4.90 Å². The summed E-state index contributed by atoms with van der Waals surface area (Å²) in [5, 5.41) is 18.4. The van der Waals surface area contributed by atoms with Crippen molar-refractivity contribution in [3.63, 3.8) is 0 Å². The summed E-state index contributed by atoms with van der Waals surface area (Å²) in [5.74, 6) is 0.865. The van der Waals surface area contributed by atoms with Gasteiger partial charge in [0.1, 0.15) is 0 Å². The Labute approximate surface area is 103 Å². The van der Waals surface area contributed by atoms with Crippen LogP contribution in [0.25, 0.3) is 0 Å². The maximum Gasteiger partial charge on any atom is 0.0932 e. The maximum atomic E-state index is 9.24. The van der Waals surface area contributed by atoms with Gasteiger partial charge >= 0.3 is 0 Å². The Morgan fingerprint density at radius 3 is 3.00 bits per heavy atom. The molecule has 1 aliphatic heterocycles. The molecule has 1 saturated carbocycles. The highest BCUT2D eigenvalue weighted by atomic mass is 16.5. The molecule has 0 amide bonds. The molecule has 4 atom stereocenters. The van der Waals surface area contributed by atoms with Crippen molar-refractivity contribution in [1.29, 1.82) is 5.26 Å². The molecule has 0 bridgehead atoms. The number of nitriles is 1. The molecule has 1 aliphatic carbocycles. The van der Waals surface area contributed by atoms with Crippen LogP contribution in [0.2, 0.25) is 0 Å². The molecule has 0 aromatic heterocycles. The van der Waals surface area contributed by atoms with Crippen LogP contribution < -0.4 is 0 Å². The average molecular weight is 238 g/mol. The van der Waals surface area contributed by atoms with Crippen LogP contribution in [0.15, 0.2) is 0 Å². The summed E-state index contributed by atoms with van der Waals surface area (Å²) < 4.78 is 5.47. The highest BCUT2D eigenvalue weighted by Gasteiger charge is 2.35. The summed E-state index contributed by atoms with van der Waals surface area (Å²) in [5.41, 5.74) is 0. The van der Waals surface area contributed by atoms with Crippen molar-refractivity contribution in [3.8, 4) is 6.07 Å². The van der Waals surface area contributed by atoms with Gasteiger partial charge in [-0.3, -0.25) is 4.90 Å². The first-order chi connectivity index (χ1) is 8.24. The molecule has 1 N–H and O–H groups in total. The van der Waals surface area contributed by atoms with Crippen LogP contribution in [0.5, 0.6) is 0 Å². The van der Waals surface area contributed by atoms with Crippen LogP contribution >= 0.6 is 0 Å². The Morgan fingerprint density at radius 1 is 1.47 bits per heavy atom. The van der Waals surface area contributed by atoms with Crippen LogP contribution in [0, 0.1) is 23.2 Å². The van der Waals surface area contributed by atoms with Gasteiger partial charge in [0.15, 0.2) is 0 Å². The molecule has 96 valence electrons. The van der Waals surface area contributed by atoms with Gasteiger partial charge in [-0.15, -0.1) is 0 Å². The van der Waals surface area contributed by atoms with Crippen molar-refractivity contribution in [2.24, 2.45) is 11.8 Å². The van der Waals surface area contributed by atoms with Crippen LogP contribution in [0.3, 0.4) is 0 Å². The van der Waals surface area contributed by atoms with Gasteiger partial charge in [0.05, 0.1) is 31.3 Å². The number of ether oxygens (including phenoxy) is 1. The van der Waals surface area contributed by atoms with Gasteiger partial charge in [0.25, 0.3) is 0 Å². The minimum Gasteiger partial charge on any atom is -0.394 e. The summed E-state index contributed by atoms with van der Waals surface area (Å²) in [6.07, 6.45) is 3.22. The third-order valence-corrected chi connectivity index (χ3v) is 4.09. The van der Waals surface area contributed by atoms with E-state index in [1.54, 1.807) is 0 Å². The van der Waals surface area contributed by atoms with Crippen LogP contribution in [-0.2, 0) is 4.74 Å². The van der Waals surface area contributed by atoms with Gasteiger partial charge in [0, 0.05) is 19.1 Å². The molecular weight excluding hydrogens is 216 g/mol. The van der Waals surface area contributed by atoms with Crippen LogP contribution in [-0.4, -0.2) is 48.5 Å². The smallest absolute Gasteiger partial charge is 0.0932 e. The first-order valence-corrected chi connectivity index (χ1v) is 6.60. The van der Waals surface area contributed by atoms with Crippen molar-refractivity contribution in [3.05, 3.63) is 0 Å². The van der Waals surface area contributed by atoms with Crippen molar-refractivity contribution in [2.45, 2.75) is 38.3 Å². The highest BCUT2D eigenvalue weighted by molar-refractivity contribution is 4.98. The van der Waals surface area contributed by atoms with Crippen LogP contribution in [0.4, 0.5) is 0 Å². The normalized spacial score (nSPS) is 39.8. The van der Waals surface area contributed by atoms with E-state index in [1.165, 1.54) is 6.42 Å². The number of morpholine rings is 1. The monoisotopic (exact) mass is 238 g/mol. The van der Waals surface area contributed by atoms with E-state index in [-0.39, 0.29) is 18.6 Å². The Hall–Kier alpha value is -0.630. The molecule has 0 aromatic carbocycles. The first kappa shape index (κ1) is 12.8. The molecule has 2 fully saturated rings. The fraction of sp³-hybridized carbons (Fsp3) is 0.923. The van der Waals surface area contributed by atoms with Crippen LogP contribution in [0.1, 0.15) is 26.2 Å². The van der Waals surface area contributed by atoms with Crippen molar-refractivity contribution >= 4 is 0 Å². The lowest BCUT2D eigenvalue weighted by Gasteiger charge is -2.43. The number of rotatable bonds is 2. The molecule has 17 heavy (non-hydrogen) atoms. The van der Waals surface area contributed by atoms with E-state index in [1.807, 2.05) is 0 Å². The summed E-state index contributed by atoms with van der Waals surface area (Å²) in [6, 6.07) is 2.82. The standard InChI is InChI=1S/C13H22N2O2/c1-10-2-3-11(7-14)13(6-10)15-4-5-17-12(8-15)9-16/h10-13,16H,2-6,8-9H2,1H3. The second-order valence-corrected chi connectivity index (χ2v) is 5.39. The fourth-order valence-corrected chi connectivity index (χ4v) is 3.06. The molecule has 0 spiro atoms. The largest absolute Gasteiger partial charge is 0.394 e. The van der Waals surface area contributed by atoms with Gasteiger partial charge in [-0.25, -0.2) is 0 Å². The van der Waals surface area contributed by atoms with Crippen molar-refractivity contribution in [2.75, 3.05) is 26.3 Å². The minimum absolute atomic E-state index is 0.0691. The number of hydrogen-bond donors (Lipinski definition) is 1. The van der Waals surface area contributed by atoms with Gasteiger partial charge in [-0.1, -0.05) is 6.92 Å². The van der Waals surface area contributed by atoms with Gasteiger partial charge in [-0.2, -0.15) is 5.26 Å². The maximum absolute atomic E-state index is 9.24. The van der Waals surface area contributed by atoms with E-state index in [0.717, 1.165) is 25.9 Å². The highest BCUT2D eigenvalue weighted by Crippen LogP contribution is 2.32. The summed E-state index contributed by atoms with van der Waals surface area (Å²) in [7, 11) is 0. The van der Waals surface area contributed by atoms with E-state index in [2.05, 4.69) is 17.9 Å². The van der Waals surface area contributed by atoms with Gasteiger partial charge < -0.3 is 9.84 Å². The lowest BCUT2D eigenvalue weighted by Crippen LogP contribution is -2.52. The zero-order valence-corrected chi connectivity index (χ0v) is 10.5. The second kappa shape index (κ2) is 5.81. The van der Waals surface area contributed by atoms with E-state index < -0.39 is 0 Å². The van der Waals surface area contributed by atoms with E-state index in [4.69, 9.17) is 9.84 Å². The zero-order chi connectivity index (χ0) is 12.3. The quantitative estimate of drug-likeness (QED) is 0.780. The average Bonchev–Trinajstić information content (AvgIpc) is 2.39. The second-order valence-electron chi connectivity index (χ2n) is 5.39. The first-order valence-electron chi connectivity index (χ1n) is 6.60. The molecule has 4 heteroatoms. The van der Waals surface area contributed by atoms with Crippen molar-refractivity contribution < 1.29 is 9.84 Å². The lowest BCUT2D eigenvalue weighted by molar-refractivity contribution is -0.0751. The number of aliphatic hydroxyl groups is 1. The Balaban J connectivity index is 2.00. The lowest BCUT2D eigenvalue weighted by atomic mass is 9.79. The predicted octanol–water partition coefficient (Wildman–Crippen LogP) is 1.01. The Morgan fingerprint density at radius 2 is 2.29 bits per heavy atom. The molecule has 2 aliphatic rings. The molecule has 0 radical (unpaired) electrons. The predicted molar refractivity (Wildman–Crippen MR) is 64.3 cm³/mol. The molecule has 4 nitrogen and oxygen atoms in total. The summed E-state index contributed by atoms with van der Waals surface area (Å²) in [6.45, 7) is 4.69.